The van der Waals surface area contributed by atoms with Crippen LogP contribution in [0.2, 0.25) is 0 Å². The van der Waals surface area contributed by atoms with Crippen LogP contribution >= 0.6 is 0 Å². The van der Waals surface area contributed by atoms with Crippen LogP contribution in [0.25, 0.3) is 11.1 Å². The quantitative estimate of drug-likeness (QED) is 0.310. The molecule has 0 saturated carbocycles. The van der Waals surface area contributed by atoms with Crippen LogP contribution in [0.3, 0.4) is 0 Å². The maximum absolute atomic E-state index is 12.5. The number of ketones is 1. The number of Topliss-reactive ketones (excluding diaryl/α,β-unsaturated/α-hetero) is 1. The van der Waals surface area contributed by atoms with Gasteiger partial charge >= 0.3 is 11.9 Å². The Hall–Kier alpha value is -3.93. The fourth-order valence-corrected chi connectivity index (χ4v) is 3.02. The van der Waals surface area contributed by atoms with Crippen LogP contribution in [0.15, 0.2) is 66.7 Å². The fourth-order valence-electron chi connectivity index (χ4n) is 3.02. The van der Waals surface area contributed by atoms with Crippen LogP contribution < -0.4 is 9.47 Å². The minimum atomic E-state index is -0.480. The van der Waals surface area contributed by atoms with Crippen molar-refractivity contribution in [1.29, 1.82) is 0 Å². The lowest BCUT2D eigenvalue weighted by Crippen LogP contribution is -2.07. The maximum Gasteiger partial charge on any atom is 0.338 e. The van der Waals surface area contributed by atoms with Gasteiger partial charge in [0.15, 0.2) is 5.78 Å². The second-order valence-corrected chi connectivity index (χ2v) is 6.85. The molecule has 0 aliphatic rings. The summed E-state index contributed by atoms with van der Waals surface area (Å²) in [5.41, 5.74) is 3.37. The van der Waals surface area contributed by atoms with Gasteiger partial charge in [-0.25, -0.2) is 4.79 Å². The molecule has 0 aliphatic heterocycles. The van der Waals surface area contributed by atoms with Crippen molar-refractivity contribution in [1.82, 2.24) is 0 Å². The summed E-state index contributed by atoms with van der Waals surface area (Å²) in [5.74, 6) is 0.0889. The smallest absolute Gasteiger partial charge is 0.338 e. The Balaban J connectivity index is 1.68. The number of carbonyl (C=O) groups is 3. The van der Waals surface area contributed by atoms with Crippen molar-refractivity contribution < 1.29 is 28.6 Å². The van der Waals surface area contributed by atoms with Crippen molar-refractivity contribution in [2.45, 2.75) is 20.5 Å². The summed E-state index contributed by atoms with van der Waals surface area (Å²) in [5, 5.41) is 0. The third kappa shape index (κ3) is 5.57. The van der Waals surface area contributed by atoms with Crippen LogP contribution in [0, 0.1) is 0 Å². The molecule has 0 bridgehead atoms. The van der Waals surface area contributed by atoms with E-state index in [1.165, 1.54) is 21.0 Å². The number of hydrogen-bond donors (Lipinski definition) is 0. The molecule has 6 heteroatoms. The monoisotopic (exact) mass is 418 g/mol. The number of ether oxygens (including phenoxy) is 3. The van der Waals surface area contributed by atoms with Crippen LogP contribution in [0.1, 0.15) is 40.1 Å². The van der Waals surface area contributed by atoms with Crippen molar-refractivity contribution in [2.75, 3.05) is 7.11 Å². The second-order valence-electron chi connectivity index (χ2n) is 6.85. The number of benzene rings is 3. The first-order chi connectivity index (χ1) is 14.9. The Kier molecular flexibility index (Phi) is 6.82. The Bertz CT molecular complexity index is 1100. The van der Waals surface area contributed by atoms with Gasteiger partial charge in [0.25, 0.3) is 0 Å². The molecule has 0 atom stereocenters. The molecule has 6 nitrogen and oxygen atoms in total. The highest BCUT2D eigenvalue weighted by Gasteiger charge is 2.12. The lowest BCUT2D eigenvalue weighted by atomic mass is 10.0. The molecule has 0 fully saturated rings. The van der Waals surface area contributed by atoms with Crippen LogP contribution in [-0.2, 0) is 16.1 Å². The molecule has 0 radical (unpaired) electrons. The molecule has 31 heavy (non-hydrogen) atoms. The Morgan fingerprint density at radius 2 is 1.35 bits per heavy atom. The highest BCUT2D eigenvalue weighted by Crippen LogP contribution is 2.24. The van der Waals surface area contributed by atoms with E-state index in [0.717, 1.165) is 11.1 Å². The third-order valence-corrected chi connectivity index (χ3v) is 4.62. The van der Waals surface area contributed by atoms with Crippen LogP contribution in [0.5, 0.6) is 11.5 Å². The number of esters is 2. The number of carbonyl (C=O) groups excluding carboxylic acids is 3. The van der Waals surface area contributed by atoms with Gasteiger partial charge in [-0.15, -0.1) is 0 Å². The molecule has 0 heterocycles. The number of rotatable bonds is 7. The largest absolute Gasteiger partial charge is 0.496 e. The van der Waals surface area contributed by atoms with E-state index >= 15 is 0 Å². The molecule has 158 valence electrons. The summed E-state index contributed by atoms with van der Waals surface area (Å²) < 4.78 is 15.7. The van der Waals surface area contributed by atoms with Gasteiger partial charge in [0, 0.05) is 18.1 Å². The number of methoxy groups -OCH3 is 1. The molecule has 3 aromatic carbocycles. The first-order valence-corrected chi connectivity index (χ1v) is 9.61. The molecule has 3 aromatic rings. The highest BCUT2D eigenvalue weighted by atomic mass is 16.5. The van der Waals surface area contributed by atoms with Gasteiger partial charge in [0.2, 0.25) is 0 Å². The van der Waals surface area contributed by atoms with Crippen molar-refractivity contribution >= 4 is 17.7 Å². The van der Waals surface area contributed by atoms with Crippen LogP contribution in [0.4, 0.5) is 0 Å². The highest BCUT2D eigenvalue weighted by molar-refractivity contribution is 5.94. The Labute approximate surface area is 180 Å². The zero-order valence-electron chi connectivity index (χ0n) is 17.5. The van der Waals surface area contributed by atoms with Gasteiger partial charge in [-0.05, 0) is 60.5 Å². The van der Waals surface area contributed by atoms with Crippen LogP contribution in [-0.4, -0.2) is 24.8 Å². The zero-order valence-corrected chi connectivity index (χ0v) is 17.5. The standard InChI is InChI=1S/C25H22O6/c1-16(26)21-10-13-24(29-3)22(14-21)15-30-25(28)20-6-4-18(5-7-20)19-8-11-23(12-9-19)31-17(2)27/h4-14H,15H2,1-3H3. The van der Waals surface area contributed by atoms with E-state index in [1.54, 1.807) is 42.5 Å². The van der Waals surface area contributed by atoms with Crippen molar-refractivity contribution in [3.05, 3.63) is 83.4 Å². The van der Waals surface area contributed by atoms with Gasteiger partial charge in [-0.1, -0.05) is 24.3 Å². The average Bonchev–Trinajstić information content (AvgIpc) is 2.77. The minimum Gasteiger partial charge on any atom is -0.496 e. The first-order valence-electron chi connectivity index (χ1n) is 9.61. The maximum atomic E-state index is 12.5. The molecule has 3 rings (SSSR count). The molecular formula is C25H22O6. The predicted molar refractivity (Wildman–Crippen MR) is 115 cm³/mol. The van der Waals surface area contributed by atoms with E-state index in [9.17, 15) is 14.4 Å². The van der Waals surface area contributed by atoms with E-state index in [2.05, 4.69) is 0 Å². The SMILES string of the molecule is COc1ccc(C(C)=O)cc1COC(=O)c1ccc(-c2ccc(OC(C)=O)cc2)cc1. The van der Waals surface area contributed by atoms with Gasteiger partial charge in [0.05, 0.1) is 12.7 Å². The van der Waals surface area contributed by atoms with Gasteiger partial charge in [-0.2, -0.15) is 0 Å². The molecule has 0 amide bonds. The molecular weight excluding hydrogens is 396 g/mol. The normalized spacial score (nSPS) is 10.3. The molecule has 0 aromatic heterocycles. The third-order valence-electron chi connectivity index (χ3n) is 4.62. The summed E-state index contributed by atoms with van der Waals surface area (Å²) in [6.45, 7) is 2.81. The van der Waals surface area contributed by atoms with Crippen molar-refractivity contribution in [3.63, 3.8) is 0 Å². The van der Waals surface area contributed by atoms with Gasteiger partial charge < -0.3 is 14.2 Å². The Morgan fingerprint density at radius 3 is 1.90 bits per heavy atom. The summed E-state index contributed by atoms with van der Waals surface area (Å²) in [6.07, 6.45) is 0. The number of hydrogen-bond acceptors (Lipinski definition) is 6. The summed E-state index contributed by atoms with van der Waals surface area (Å²) in [4.78, 5) is 35.1. The van der Waals surface area contributed by atoms with E-state index in [0.29, 0.717) is 28.2 Å². The van der Waals surface area contributed by atoms with Crippen molar-refractivity contribution in [2.24, 2.45) is 0 Å². The summed E-state index contributed by atoms with van der Waals surface area (Å²) in [6, 6.07) is 19.1. The minimum absolute atomic E-state index is 0.0114. The fraction of sp³-hybridized carbons (Fsp3) is 0.160. The lowest BCUT2D eigenvalue weighted by molar-refractivity contribution is -0.131. The summed E-state index contributed by atoms with van der Waals surface area (Å²) >= 11 is 0. The topological polar surface area (TPSA) is 78.9 Å². The molecule has 0 N–H and O–H groups in total. The molecule has 0 aliphatic carbocycles. The van der Waals surface area contributed by atoms with Gasteiger partial charge in [-0.3, -0.25) is 9.59 Å². The molecule has 0 unspecified atom stereocenters. The van der Waals surface area contributed by atoms with Crippen molar-refractivity contribution in [3.8, 4) is 22.6 Å². The van der Waals surface area contributed by atoms with E-state index in [1.807, 2.05) is 24.3 Å². The lowest BCUT2D eigenvalue weighted by Gasteiger charge is -2.11. The van der Waals surface area contributed by atoms with Gasteiger partial charge in [0.1, 0.15) is 18.1 Å². The zero-order chi connectivity index (χ0) is 22.4. The predicted octanol–water partition coefficient (Wildman–Crippen LogP) is 4.85. The van der Waals surface area contributed by atoms with E-state index in [4.69, 9.17) is 14.2 Å². The van der Waals surface area contributed by atoms with E-state index < -0.39 is 5.97 Å². The van der Waals surface area contributed by atoms with E-state index in [-0.39, 0.29) is 18.4 Å². The first kappa shape index (κ1) is 21.8. The summed E-state index contributed by atoms with van der Waals surface area (Å²) in [7, 11) is 1.52. The molecule has 0 spiro atoms. The Morgan fingerprint density at radius 1 is 0.774 bits per heavy atom. The molecule has 0 saturated heterocycles. The average molecular weight is 418 g/mol. The second kappa shape index (κ2) is 9.71.